The molecule has 2 heterocycles. The number of aliphatic hydroxyl groups is 1. The smallest absolute Gasteiger partial charge is 0.255 e. The van der Waals surface area contributed by atoms with Gasteiger partial charge in [-0.1, -0.05) is 18.0 Å². The van der Waals surface area contributed by atoms with Crippen LogP contribution in [0.3, 0.4) is 0 Å². The first-order chi connectivity index (χ1) is 9.62. The number of amides is 1. The molecule has 1 saturated carbocycles. The molecule has 1 amide bonds. The first-order valence-electron chi connectivity index (χ1n) is 7.19. The second-order valence-electron chi connectivity index (χ2n) is 5.96. The summed E-state index contributed by atoms with van der Waals surface area (Å²) in [6, 6.07) is 1.66. The normalized spacial score (nSPS) is 29.9. The van der Waals surface area contributed by atoms with E-state index >= 15 is 0 Å². The highest BCUT2D eigenvalue weighted by Crippen LogP contribution is 2.45. The van der Waals surface area contributed by atoms with Crippen molar-refractivity contribution in [2.45, 2.75) is 38.2 Å². The third kappa shape index (κ3) is 2.31. The Morgan fingerprint density at radius 2 is 2.25 bits per heavy atom. The Labute approximate surface area is 123 Å². The number of likely N-dealkylation sites (tertiary alicyclic amines) is 1. The summed E-state index contributed by atoms with van der Waals surface area (Å²) in [5.41, 5.74) is 0.416. The van der Waals surface area contributed by atoms with Gasteiger partial charge in [-0.3, -0.25) is 9.78 Å². The van der Waals surface area contributed by atoms with Crippen LogP contribution < -0.4 is 0 Å². The number of nitrogens with zero attached hydrogens (tertiary/aromatic N) is 2. The van der Waals surface area contributed by atoms with E-state index in [2.05, 4.69) is 4.98 Å². The molecule has 5 heteroatoms. The average Bonchev–Trinajstić information content (AvgIpc) is 2.79. The monoisotopic (exact) mass is 294 g/mol. The molecule has 1 aliphatic carbocycles. The Morgan fingerprint density at radius 1 is 1.45 bits per heavy atom. The van der Waals surface area contributed by atoms with E-state index in [0.717, 1.165) is 38.6 Å². The van der Waals surface area contributed by atoms with Gasteiger partial charge in [-0.25, -0.2) is 0 Å². The molecule has 0 bridgehead atoms. The number of carbonyl (C=O) groups is 1. The van der Waals surface area contributed by atoms with Crippen LogP contribution in [0.25, 0.3) is 0 Å². The molecule has 2 aliphatic rings. The quantitative estimate of drug-likeness (QED) is 0.866. The Morgan fingerprint density at radius 3 is 2.95 bits per heavy atom. The maximum absolute atomic E-state index is 12.6. The standard InChI is InChI=1S/C15H19ClN2O2/c16-12-9-17-7-4-11(12)14(20)18-8-2-6-15(10-18)5-1-3-13(15)19/h4,7,9,13,19H,1-3,5-6,8,10H2/t13-,15-/m1/s1. The Bertz CT molecular complexity index is 522. The maximum atomic E-state index is 12.6. The number of aliphatic hydroxyl groups excluding tert-OH is 1. The van der Waals surface area contributed by atoms with Crippen LogP contribution in [0.15, 0.2) is 18.5 Å². The van der Waals surface area contributed by atoms with E-state index in [9.17, 15) is 9.90 Å². The summed E-state index contributed by atoms with van der Waals surface area (Å²) < 4.78 is 0. The van der Waals surface area contributed by atoms with Gasteiger partial charge < -0.3 is 10.0 Å². The van der Waals surface area contributed by atoms with Crippen LogP contribution in [0.4, 0.5) is 0 Å². The number of carbonyl (C=O) groups excluding carboxylic acids is 1. The minimum Gasteiger partial charge on any atom is -0.392 e. The molecule has 2 fully saturated rings. The first-order valence-corrected chi connectivity index (χ1v) is 7.57. The third-order valence-electron chi connectivity index (χ3n) is 4.76. The lowest BCUT2D eigenvalue weighted by Gasteiger charge is -2.42. The predicted molar refractivity (Wildman–Crippen MR) is 76.7 cm³/mol. The summed E-state index contributed by atoms with van der Waals surface area (Å²) in [4.78, 5) is 18.4. The van der Waals surface area contributed by atoms with Gasteiger partial charge in [0, 0.05) is 30.9 Å². The maximum Gasteiger partial charge on any atom is 0.255 e. The highest BCUT2D eigenvalue weighted by Gasteiger charge is 2.45. The van der Waals surface area contributed by atoms with Crippen molar-refractivity contribution < 1.29 is 9.90 Å². The van der Waals surface area contributed by atoms with Crippen LogP contribution in [-0.2, 0) is 0 Å². The van der Waals surface area contributed by atoms with Gasteiger partial charge in [0.25, 0.3) is 5.91 Å². The van der Waals surface area contributed by atoms with Crippen LogP contribution in [0, 0.1) is 5.41 Å². The lowest BCUT2D eigenvalue weighted by Crippen LogP contribution is -2.49. The van der Waals surface area contributed by atoms with E-state index in [4.69, 9.17) is 11.6 Å². The van der Waals surface area contributed by atoms with Crippen molar-refractivity contribution in [1.82, 2.24) is 9.88 Å². The summed E-state index contributed by atoms with van der Waals surface area (Å²) in [6.45, 7) is 1.39. The second-order valence-corrected chi connectivity index (χ2v) is 6.36. The third-order valence-corrected chi connectivity index (χ3v) is 5.06. The van der Waals surface area contributed by atoms with E-state index in [1.807, 2.05) is 4.90 Å². The van der Waals surface area contributed by atoms with Gasteiger partial charge in [-0.05, 0) is 31.7 Å². The number of aromatic nitrogens is 1. The lowest BCUT2D eigenvalue weighted by molar-refractivity contribution is -0.00535. The molecular formula is C15H19ClN2O2. The zero-order valence-corrected chi connectivity index (χ0v) is 12.1. The Balaban J connectivity index is 1.81. The van der Waals surface area contributed by atoms with Gasteiger partial charge in [0.2, 0.25) is 0 Å². The predicted octanol–water partition coefficient (Wildman–Crippen LogP) is 2.50. The molecule has 20 heavy (non-hydrogen) atoms. The molecule has 2 atom stereocenters. The summed E-state index contributed by atoms with van der Waals surface area (Å²) in [6.07, 6.45) is 7.71. The summed E-state index contributed by atoms with van der Waals surface area (Å²) in [7, 11) is 0. The summed E-state index contributed by atoms with van der Waals surface area (Å²) in [5.74, 6) is -0.0458. The van der Waals surface area contributed by atoms with E-state index in [1.165, 1.54) is 6.20 Å². The van der Waals surface area contributed by atoms with E-state index in [0.29, 0.717) is 17.1 Å². The summed E-state index contributed by atoms with van der Waals surface area (Å²) >= 11 is 6.06. The molecule has 0 radical (unpaired) electrons. The molecule has 1 spiro atoms. The van der Waals surface area contributed by atoms with E-state index in [-0.39, 0.29) is 17.4 Å². The molecule has 1 aliphatic heterocycles. The van der Waals surface area contributed by atoms with Gasteiger partial charge >= 0.3 is 0 Å². The average molecular weight is 295 g/mol. The largest absolute Gasteiger partial charge is 0.392 e. The Hall–Kier alpha value is -1.13. The molecule has 0 aromatic carbocycles. The lowest BCUT2D eigenvalue weighted by atomic mass is 9.76. The van der Waals surface area contributed by atoms with Crippen LogP contribution in [0.5, 0.6) is 0 Å². The van der Waals surface area contributed by atoms with Crippen molar-refractivity contribution in [1.29, 1.82) is 0 Å². The fourth-order valence-corrected chi connectivity index (χ4v) is 3.85. The molecule has 3 rings (SSSR count). The minimum atomic E-state index is -0.272. The van der Waals surface area contributed by atoms with Crippen molar-refractivity contribution in [3.05, 3.63) is 29.0 Å². The number of piperidine rings is 1. The molecule has 1 saturated heterocycles. The highest BCUT2D eigenvalue weighted by molar-refractivity contribution is 6.33. The van der Waals surface area contributed by atoms with Crippen LogP contribution in [-0.4, -0.2) is 40.1 Å². The zero-order chi connectivity index (χ0) is 14.2. The first kappa shape index (κ1) is 13.8. The number of pyridine rings is 1. The number of hydrogen-bond donors (Lipinski definition) is 1. The van der Waals surface area contributed by atoms with Gasteiger partial charge in [0.15, 0.2) is 0 Å². The molecular weight excluding hydrogens is 276 g/mol. The second kappa shape index (κ2) is 5.34. The highest BCUT2D eigenvalue weighted by atomic mass is 35.5. The van der Waals surface area contributed by atoms with Crippen molar-refractivity contribution in [3.8, 4) is 0 Å². The molecule has 1 N–H and O–H groups in total. The fraction of sp³-hybridized carbons (Fsp3) is 0.600. The van der Waals surface area contributed by atoms with Crippen molar-refractivity contribution in [2.24, 2.45) is 5.41 Å². The van der Waals surface area contributed by atoms with Crippen molar-refractivity contribution in [3.63, 3.8) is 0 Å². The minimum absolute atomic E-state index is 0.0458. The van der Waals surface area contributed by atoms with E-state index in [1.54, 1.807) is 12.3 Å². The number of hydrogen-bond acceptors (Lipinski definition) is 3. The number of halogens is 1. The van der Waals surface area contributed by atoms with Gasteiger partial charge in [-0.2, -0.15) is 0 Å². The van der Waals surface area contributed by atoms with Gasteiger partial charge in [0.1, 0.15) is 0 Å². The molecule has 0 unspecified atom stereocenters. The Kier molecular flexibility index (Phi) is 3.69. The number of rotatable bonds is 1. The fourth-order valence-electron chi connectivity index (χ4n) is 3.65. The molecule has 4 nitrogen and oxygen atoms in total. The topological polar surface area (TPSA) is 53.4 Å². The summed E-state index contributed by atoms with van der Waals surface area (Å²) in [5, 5.41) is 10.6. The van der Waals surface area contributed by atoms with Crippen molar-refractivity contribution in [2.75, 3.05) is 13.1 Å². The SMILES string of the molecule is O=C(c1ccncc1Cl)N1CCC[C@]2(CCC[C@H]2O)C1. The van der Waals surface area contributed by atoms with Gasteiger partial charge in [-0.15, -0.1) is 0 Å². The molecule has 1 aromatic heterocycles. The van der Waals surface area contributed by atoms with Crippen LogP contribution in [0.1, 0.15) is 42.5 Å². The molecule has 108 valence electrons. The van der Waals surface area contributed by atoms with Gasteiger partial charge in [0.05, 0.1) is 16.7 Å². The van der Waals surface area contributed by atoms with Crippen molar-refractivity contribution >= 4 is 17.5 Å². The van der Waals surface area contributed by atoms with Crippen LogP contribution >= 0.6 is 11.6 Å². The zero-order valence-electron chi connectivity index (χ0n) is 11.4. The van der Waals surface area contributed by atoms with E-state index < -0.39 is 0 Å². The molecule has 1 aromatic rings. The van der Waals surface area contributed by atoms with Crippen LogP contribution in [0.2, 0.25) is 5.02 Å².